The monoisotopic (exact) mass is 618 g/mol. The van der Waals surface area contributed by atoms with Crippen LogP contribution in [0.3, 0.4) is 0 Å². The number of nitrogens with one attached hydrogen (secondary N) is 1. The zero-order chi connectivity index (χ0) is 31.3. The molecule has 0 spiro atoms. The summed E-state index contributed by atoms with van der Waals surface area (Å²) in [6, 6.07) is 5.29. The molecule has 2 N–H and O–H groups in total. The highest BCUT2D eigenvalue weighted by Crippen LogP contribution is 2.43. The van der Waals surface area contributed by atoms with Crippen LogP contribution in [0.2, 0.25) is 0 Å². The lowest BCUT2D eigenvalue weighted by atomic mass is 9.95. The lowest BCUT2D eigenvalue weighted by Crippen LogP contribution is -2.43. The Hall–Kier alpha value is -4.34. The third-order valence-corrected chi connectivity index (χ3v) is 9.20. The molecule has 3 fully saturated rings. The van der Waals surface area contributed by atoms with E-state index in [0.29, 0.717) is 37.3 Å². The number of aromatic hydroxyl groups is 1. The Bertz CT molecular complexity index is 1840. The first-order valence-electron chi connectivity index (χ1n) is 15.2. The molecule has 0 aliphatic carbocycles. The molecule has 2 aromatic carbocycles. The molecule has 3 aliphatic heterocycles. The van der Waals surface area contributed by atoms with E-state index in [0.717, 1.165) is 38.6 Å². The van der Waals surface area contributed by atoms with Gasteiger partial charge < -0.3 is 14.6 Å². The van der Waals surface area contributed by atoms with Gasteiger partial charge in [0.05, 0.1) is 18.2 Å². The number of methoxy groups -OCH3 is 1. The van der Waals surface area contributed by atoms with E-state index in [1.54, 1.807) is 0 Å². The number of rotatable bonds is 6. The summed E-state index contributed by atoms with van der Waals surface area (Å²) >= 11 is 0. The van der Waals surface area contributed by atoms with Crippen molar-refractivity contribution in [2.75, 3.05) is 44.9 Å². The molecule has 45 heavy (non-hydrogen) atoms. The third-order valence-electron chi connectivity index (χ3n) is 9.20. The number of pyridine rings is 1. The van der Waals surface area contributed by atoms with Crippen molar-refractivity contribution < 1.29 is 27.8 Å². The van der Waals surface area contributed by atoms with Gasteiger partial charge in [-0.2, -0.15) is 9.97 Å². The van der Waals surface area contributed by atoms with Crippen LogP contribution in [0.1, 0.15) is 44.1 Å². The fraction of sp³-hybridized carbons (Fsp3) is 0.424. The first-order valence-corrected chi connectivity index (χ1v) is 15.2. The number of aromatic nitrogens is 3. The van der Waals surface area contributed by atoms with Crippen LogP contribution in [0.15, 0.2) is 24.3 Å². The van der Waals surface area contributed by atoms with Gasteiger partial charge in [0.1, 0.15) is 40.9 Å². The van der Waals surface area contributed by atoms with Crippen molar-refractivity contribution in [1.29, 1.82) is 0 Å². The second-order valence-corrected chi connectivity index (χ2v) is 12.0. The second kappa shape index (κ2) is 11.5. The van der Waals surface area contributed by atoms with Gasteiger partial charge in [-0.25, -0.2) is 23.6 Å². The van der Waals surface area contributed by atoms with Crippen molar-refractivity contribution in [3.8, 4) is 41.2 Å². The quantitative estimate of drug-likeness (QED) is 0.280. The number of ether oxygens (including phenoxy) is 2. The minimum absolute atomic E-state index is 0.0285. The van der Waals surface area contributed by atoms with E-state index in [1.807, 2.05) is 5.01 Å². The van der Waals surface area contributed by atoms with Crippen LogP contribution in [0.25, 0.3) is 32.9 Å². The Morgan fingerprint density at radius 3 is 2.80 bits per heavy atom. The molecule has 2 aromatic heterocycles. The molecule has 5 heterocycles. The number of anilines is 1. The molecule has 3 saturated heterocycles. The summed E-state index contributed by atoms with van der Waals surface area (Å²) in [7, 11) is 1.40. The van der Waals surface area contributed by atoms with Gasteiger partial charge in [0.25, 0.3) is 0 Å². The van der Waals surface area contributed by atoms with Crippen LogP contribution >= 0.6 is 0 Å². The number of nitrogens with zero attached hydrogens (tertiary/aromatic N) is 5. The molecule has 7 rings (SSSR count). The van der Waals surface area contributed by atoms with Crippen LogP contribution in [0.5, 0.6) is 17.6 Å². The number of benzene rings is 2. The number of hydrogen-bond acceptors (Lipinski definition) is 9. The molecule has 12 heteroatoms. The Labute approximate surface area is 258 Å². The van der Waals surface area contributed by atoms with E-state index in [-0.39, 0.29) is 57.4 Å². The minimum atomic E-state index is -0.937. The van der Waals surface area contributed by atoms with Crippen LogP contribution in [-0.4, -0.2) is 76.6 Å². The smallest absolute Gasteiger partial charge is 0.319 e. The number of terminal acetylenes is 1. The molecular weight excluding hydrogens is 585 g/mol. The molecule has 4 aromatic rings. The van der Waals surface area contributed by atoms with E-state index >= 15 is 4.39 Å². The van der Waals surface area contributed by atoms with Gasteiger partial charge in [-0.15, -0.1) is 6.42 Å². The zero-order valence-electron chi connectivity index (χ0n) is 24.9. The third kappa shape index (κ3) is 5.04. The second-order valence-electron chi connectivity index (χ2n) is 12.0. The van der Waals surface area contributed by atoms with Gasteiger partial charge in [-0.1, -0.05) is 18.4 Å². The molecule has 0 radical (unpaired) electrons. The number of alkyl halides is 1. The maximum atomic E-state index is 16.9. The molecule has 3 aliphatic rings. The standard InChI is InChI=1S/C33H33F3N6O3/c1-3-22-24(35)9-8-19-14-21(43)15-23(25(19)22)28-27(36)29-26(31(38-28)44-2)30(42-13-6-4-5-11-37-42)40-32(39-29)45-18-33-10-7-12-41(33)17-20(34)16-33/h1,8-9,14-15,20,37,43H,4-7,10-13,16-18H2,2H3/t20-,33+/m1/s1. The lowest BCUT2D eigenvalue weighted by Gasteiger charge is -2.31. The summed E-state index contributed by atoms with van der Waals surface area (Å²) < 4.78 is 58.1. The number of phenols is 1. The highest BCUT2D eigenvalue weighted by molar-refractivity contribution is 6.04. The fourth-order valence-electron chi connectivity index (χ4n) is 7.14. The first kappa shape index (κ1) is 29.4. The van der Waals surface area contributed by atoms with E-state index < -0.39 is 23.3 Å². The summed E-state index contributed by atoms with van der Waals surface area (Å²) in [5, 5.41) is 13.2. The van der Waals surface area contributed by atoms with Gasteiger partial charge in [0.15, 0.2) is 11.6 Å². The summed E-state index contributed by atoms with van der Waals surface area (Å²) in [4.78, 5) is 15.9. The zero-order valence-corrected chi connectivity index (χ0v) is 24.9. The van der Waals surface area contributed by atoms with Gasteiger partial charge in [0, 0.05) is 37.0 Å². The topological polar surface area (TPSA) is 95.9 Å². The van der Waals surface area contributed by atoms with Crippen LogP contribution < -0.4 is 19.9 Å². The average Bonchev–Trinajstić information content (AvgIpc) is 3.41. The van der Waals surface area contributed by atoms with Crippen molar-refractivity contribution in [2.45, 2.75) is 50.2 Å². The molecule has 0 amide bonds. The summed E-state index contributed by atoms with van der Waals surface area (Å²) in [6.45, 7) is 2.59. The highest BCUT2D eigenvalue weighted by Gasteiger charge is 2.49. The van der Waals surface area contributed by atoms with Crippen LogP contribution in [0.4, 0.5) is 19.0 Å². The fourth-order valence-corrected chi connectivity index (χ4v) is 7.14. The highest BCUT2D eigenvalue weighted by atomic mass is 19.1. The molecule has 234 valence electrons. The summed E-state index contributed by atoms with van der Waals surface area (Å²) in [5.41, 5.74) is 2.51. The number of fused-ring (bicyclic) bond motifs is 3. The molecule has 0 unspecified atom stereocenters. The van der Waals surface area contributed by atoms with Crippen molar-refractivity contribution in [1.82, 2.24) is 25.3 Å². The Morgan fingerprint density at radius 2 is 1.98 bits per heavy atom. The first-order chi connectivity index (χ1) is 21.8. The van der Waals surface area contributed by atoms with Crippen molar-refractivity contribution in [3.63, 3.8) is 0 Å². The predicted octanol–water partition coefficient (Wildman–Crippen LogP) is 5.27. The Morgan fingerprint density at radius 1 is 1.11 bits per heavy atom. The Kier molecular flexibility index (Phi) is 7.54. The Balaban J connectivity index is 1.43. The largest absolute Gasteiger partial charge is 0.508 e. The number of hydrazine groups is 1. The van der Waals surface area contributed by atoms with Crippen molar-refractivity contribution in [2.24, 2.45) is 0 Å². The normalized spacial score (nSPS) is 22.0. The van der Waals surface area contributed by atoms with Gasteiger partial charge >= 0.3 is 6.01 Å². The maximum absolute atomic E-state index is 16.9. The van der Waals surface area contributed by atoms with Gasteiger partial charge in [-0.05, 0) is 55.8 Å². The number of phenolic OH excluding ortho intramolecular Hbond substituents is 1. The molecule has 2 atom stereocenters. The SMILES string of the molecule is C#Cc1c(F)ccc2cc(O)cc(-c3nc(OC)c4c(N5CCCCCN5)nc(OC[C@@]56CCCN5C[C@H](F)C6)nc4c3F)c12. The summed E-state index contributed by atoms with van der Waals surface area (Å²) in [5.74, 6) is 1.02. The average molecular weight is 619 g/mol. The van der Waals surface area contributed by atoms with Gasteiger partial charge in [0.2, 0.25) is 5.88 Å². The van der Waals surface area contributed by atoms with E-state index in [9.17, 15) is 13.9 Å². The number of halogens is 3. The summed E-state index contributed by atoms with van der Waals surface area (Å²) in [6.07, 6.45) is 9.67. The lowest BCUT2D eigenvalue weighted by molar-refractivity contribution is 0.107. The van der Waals surface area contributed by atoms with E-state index in [4.69, 9.17) is 20.9 Å². The van der Waals surface area contributed by atoms with Crippen molar-refractivity contribution in [3.05, 3.63) is 41.5 Å². The minimum Gasteiger partial charge on any atom is -0.508 e. The molecular formula is C33H33F3N6O3. The van der Waals surface area contributed by atoms with Gasteiger partial charge in [-0.3, -0.25) is 9.91 Å². The molecule has 9 nitrogen and oxygen atoms in total. The van der Waals surface area contributed by atoms with E-state index in [1.165, 1.54) is 31.4 Å². The number of hydrogen-bond donors (Lipinski definition) is 2. The van der Waals surface area contributed by atoms with Crippen LogP contribution in [0, 0.1) is 24.0 Å². The van der Waals surface area contributed by atoms with Crippen LogP contribution in [-0.2, 0) is 0 Å². The maximum Gasteiger partial charge on any atom is 0.319 e. The van der Waals surface area contributed by atoms with E-state index in [2.05, 4.69) is 26.2 Å². The molecule has 0 bridgehead atoms. The van der Waals surface area contributed by atoms with Crippen molar-refractivity contribution >= 4 is 27.5 Å². The molecule has 0 saturated carbocycles. The predicted molar refractivity (Wildman–Crippen MR) is 164 cm³/mol.